The van der Waals surface area contributed by atoms with E-state index in [-0.39, 0.29) is 19.7 Å². The van der Waals surface area contributed by atoms with Gasteiger partial charge in [0.2, 0.25) is 0 Å². The Morgan fingerprint density at radius 2 is 1.80 bits per heavy atom. The van der Waals surface area contributed by atoms with Gasteiger partial charge in [0.25, 0.3) is 0 Å². The summed E-state index contributed by atoms with van der Waals surface area (Å²) in [5, 5.41) is 10.4. The number of nitrogens with one attached hydrogen (secondary N) is 1. The fraction of sp³-hybridized carbons (Fsp3) is 0.875. The van der Waals surface area contributed by atoms with Crippen molar-refractivity contribution >= 4 is 5.91 Å². The van der Waals surface area contributed by atoms with Gasteiger partial charge in [0.1, 0.15) is 0 Å². The Balaban J connectivity index is 0.000000583. The SMILES string of the molecule is CCO.O=C(N1CCNCC1)C(F)(F)F. The molecule has 0 radical (unpaired) electrons. The number of nitrogens with zero attached hydrogens (tertiary/aromatic N) is 1. The highest BCUT2D eigenvalue weighted by Gasteiger charge is 2.42. The maximum Gasteiger partial charge on any atom is 0.471 e. The maximum absolute atomic E-state index is 11.8. The third-order valence-electron chi connectivity index (χ3n) is 1.65. The van der Waals surface area contributed by atoms with E-state index in [0.29, 0.717) is 13.1 Å². The van der Waals surface area contributed by atoms with Gasteiger partial charge in [-0.2, -0.15) is 13.2 Å². The van der Waals surface area contributed by atoms with Crippen LogP contribution in [-0.4, -0.2) is 54.9 Å². The van der Waals surface area contributed by atoms with Crippen LogP contribution in [0.15, 0.2) is 0 Å². The maximum atomic E-state index is 11.8. The van der Waals surface area contributed by atoms with Gasteiger partial charge < -0.3 is 15.3 Å². The van der Waals surface area contributed by atoms with Gasteiger partial charge in [0.05, 0.1) is 0 Å². The molecular formula is C8H15F3N2O2. The standard InChI is InChI=1S/C6H9F3N2O.C2H6O/c7-6(8,9)5(12)11-3-1-10-2-4-11;1-2-3/h10H,1-4H2;3H,2H2,1H3. The van der Waals surface area contributed by atoms with E-state index in [1.807, 2.05) is 0 Å². The lowest BCUT2D eigenvalue weighted by atomic mass is 10.3. The van der Waals surface area contributed by atoms with Gasteiger partial charge in [-0.3, -0.25) is 4.79 Å². The molecule has 90 valence electrons. The van der Waals surface area contributed by atoms with E-state index in [1.165, 1.54) is 0 Å². The summed E-state index contributed by atoms with van der Waals surface area (Å²) in [6.45, 7) is 3.07. The lowest BCUT2D eigenvalue weighted by Gasteiger charge is -2.27. The summed E-state index contributed by atoms with van der Waals surface area (Å²) < 4.78 is 35.5. The molecule has 0 aliphatic carbocycles. The molecule has 1 aliphatic rings. The zero-order valence-electron chi connectivity index (χ0n) is 8.47. The van der Waals surface area contributed by atoms with Crippen LogP contribution in [0, 0.1) is 0 Å². The van der Waals surface area contributed by atoms with Crippen molar-refractivity contribution in [2.45, 2.75) is 13.1 Å². The molecule has 1 rings (SSSR count). The van der Waals surface area contributed by atoms with Crippen molar-refractivity contribution < 1.29 is 23.1 Å². The Morgan fingerprint density at radius 1 is 1.40 bits per heavy atom. The lowest BCUT2D eigenvalue weighted by Crippen LogP contribution is -2.50. The van der Waals surface area contributed by atoms with Crippen molar-refractivity contribution in [1.82, 2.24) is 10.2 Å². The Morgan fingerprint density at radius 3 is 2.13 bits per heavy atom. The molecule has 0 unspecified atom stereocenters. The van der Waals surface area contributed by atoms with Gasteiger partial charge in [-0.05, 0) is 6.92 Å². The average molecular weight is 228 g/mol. The number of carbonyl (C=O) groups is 1. The zero-order valence-corrected chi connectivity index (χ0v) is 8.47. The van der Waals surface area contributed by atoms with Crippen LogP contribution in [-0.2, 0) is 4.79 Å². The molecule has 7 heteroatoms. The predicted octanol–water partition coefficient (Wildman–Crippen LogP) is -0.0209. The molecule has 0 saturated carbocycles. The highest BCUT2D eigenvalue weighted by atomic mass is 19.4. The van der Waals surface area contributed by atoms with E-state index in [2.05, 4.69) is 5.32 Å². The minimum Gasteiger partial charge on any atom is -0.397 e. The molecular weight excluding hydrogens is 213 g/mol. The zero-order chi connectivity index (χ0) is 11.9. The third kappa shape index (κ3) is 5.58. The number of aliphatic hydroxyl groups is 1. The average Bonchev–Trinajstić information content (AvgIpc) is 2.18. The quantitative estimate of drug-likeness (QED) is 0.612. The molecule has 0 atom stereocenters. The van der Waals surface area contributed by atoms with Crippen molar-refractivity contribution in [2.75, 3.05) is 32.8 Å². The number of hydrogen-bond acceptors (Lipinski definition) is 3. The van der Waals surface area contributed by atoms with Gasteiger partial charge >= 0.3 is 12.1 Å². The number of hydrogen-bond donors (Lipinski definition) is 2. The van der Waals surface area contributed by atoms with Crippen molar-refractivity contribution in [3.05, 3.63) is 0 Å². The monoisotopic (exact) mass is 228 g/mol. The summed E-state index contributed by atoms with van der Waals surface area (Å²) in [6, 6.07) is 0. The summed E-state index contributed by atoms with van der Waals surface area (Å²) in [7, 11) is 0. The lowest BCUT2D eigenvalue weighted by molar-refractivity contribution is -0.185. The van der Waals surface area contributed by atoms with Crippen molar-refractivity contribution in [1.29, 1.82) is 0 Å². The minimum atomic E-state index is -4.72. The summed E-state index contributed by atoms with van der Waals surface area (Å²) in [4.78, 5) is 11.4. The first-order valence-corrected chi connectivity index (χ1v) is 4.61. The summed E-state index contributed by atoms with van der Waals surface area (Å²) >= 11 is 0. The Hall–Kier alpha value is -0.820. The highest BCUT2D eigenvalue weighted by molar-refractivity contribution is 5.81. The van der Waals surface area contributed by atoms with Gasteiger partial charge in [0.15, 0.2) is 0 Å². The third-order valence-corrected chi connectivity index (χ3v) is 1.65. The molecule has 2 N–H and O–H groups in total. The number of alkyl halides is 3. The van der Waals surface area contributed by atoms with E-state index in [0.717, 1.165) is 4.90 Å². The normalized spacial score (nSPS) is 16.7. The topological polar surface area (TPSA) is 52.6 Å². The van der Waals surface area contributed by atoms with E-state index in [9.17, 15) is 18.0 Å². The van der Waals surface area contributed by atoms with Crippen LogP contribution < -0.4 is 5.32 Å². The van der Waals surface area contributed by atoms with Gasteiger partial charge in [-0.15, -0.1) is 0 Å². The molecule has 0 aromatic heterocycles. The molecule has 1 aliphatic heterocycles. The Kier molecular flexibility index (Phi) is 6.26. The van der Waals surface area contributed by atoms with Crippen LogP contribution >= 0.6 is 0 Å². The van der Waals surface area contributed by atoms with E-state index < -0.39 is 12.1 Å². The molecule has 1 heterocycles. The number of rotatable bonds is 0. The summed E-state index contributed by atoms with van der Waals surface area (Å²) in [5.74, 6) is -1.73. The van der Waals surface area contributed by atoms with E-state index in [1.54, 1.807) is 6.92 Å². The van der Waals surface area contributed by atoms with Crippen molar-refractivity contribution in [3.8, 4) is 0 Å². The van der Waals surface area contributed by atoms with Crippen LogP contribution in [0.5, 0.6) is 0 Å². The van der Waals surface area contributed by atoms with Crippen LogP contribution in [0.2, 0.25) is 0 Å². The van der Waals surface area contributed by atoms with E-state index >= 15 is 0 Å². The molecule has 1 amide bonds. The number of amides is 1. The number of carbonyl (C=O) groups excluding carboxylic acids is 1. The fourth-order valence-corrected chi connectivity index (χ4v) is 1.05. The van der Waals surface area contributed by atoms with Crippen LogP contribution in [0.3, 0.4) is 0 Å². The summed E-state index contributed by atoms with van der Waals surface area (Å²) in [6.07, 6.45) is -4.72. The Bertz CT molecular complexity index is 191. The molecule has 0 aromatic rings. The number of piperazine rings is 1. The first-order valence-electron chi connectivity index (χ1n) is 4.61. The second-order valence-corrected chi connectivity index (χ2v) is 2.86. The van der Waals surface area contributed by atoms with Crippen molar-refractivity contribution in [3.63, 3.8) is 0 Å². The number of aliphatic hydroxyl groups excluding tert-OH is 1. The summed E-state index contributed by atoms with van der Waals surface area (Å²) in [5.41, 5.74) is 0. The van der Waals surface area contributed by atoms with Gasteiger partial charge in [-0.1, -0.05) is 0 Å². The molecule has 4 nitrogen and oxygen atoms in total. The molecule has 1 saturated heterocycles. The molecule has 0 aromatic carbocycles. The largest absolute Gasteiger partial charge is 0.471 e. The van der Waals surface area contributed by atoms with Crippen LogP contribution in [0.25, 0.3) is 0 Å². The number of halogens is 3. The molecule has 15 heavy (non-hydrogen) atoms. The van der Waals surface area contributed by atoms with Gasteiger partial charge in [-0.25, -0.2) is 0 Å². The van der Waals surface area contributed by atoms with Crippen LogP contribution in [0.4, 0.5) is 13.2 Å². The first-order chi connectivity index (χ1) is 6.93. The van der Waals surface area contributed by atoms with Crippen molar-refractivity contribution in [2.24, 2.45) is 0 Å². The van der Waals surface area contributed by atoms with Crippen LogP contribution in [0.1, 0.15) is 6.92 Å². The molecule has 0 spiro atoms. The second kappa shape index (κ2) is 6.62. The predicted molar refractivity (Wildman–Crippen MR) is 48.3 cm³/mol. The second-order valence-electron chi connectivity index (χ2n) is 2.86. The smallest absolute Gasteiger partial charge is 0.397 e. The fourth-order valence-electron chi connectivity index (χ4n) is 1.05. The molecule has 0 bridgehead atoms. The highest BCUT2D eigenvalue weighted by Crippen LogP contribution is 2.18. The van der Waals surface area contributed by atoms with Gasteiger partial charge in [0, 0.05) is 32.8 Å². The molecule has 1 fully saturated rings. The first kappa shape index (κ1) is 14.2. The van der Waals surface area contributed by atoms with E-state index in [4.69, 9.17) is 5.11 Å². The Labute approximate surface area is 86.1 Å². The minimum absolute atomic E-state index is 0.137.